The number of aromatic nitrogens is 2. The highest BCUT2D eigenvalue weighted by Crippen LogP contribution is 2.28. The maximum Gasteiger partial charge on any atom is 0.253 e. The normalized spacial score (nSPS) is 24.2. The number of piperidine rings is 1. The SMILES string of the molecule is O=C(CN1CC[C@H](c2ccccc2)C1)N1CCC[C@H](c2cc(=O)n3c(n2)CCCCC3)C1. The summed E-state index contributed by atoms with van der Waals surface area (Å²) in [6.45, 7) is 4.72. The molecule has 2 aromatic rings. The maximum absolute atomic E-state index is 13.1. The van der Waals surface area contributed by atoms with Gasteiger partial charge in [0.15, 0.2) is 0 Å². The van der Waals surface area contributed by atoms with Crippen molar-refractivity contribution in [3.63, 3.8) is 0 Å². The van der Waals surface area contributed by atoms with Gasteiger partial charge in [0, 0.05) is 44.6 Å². The maximum atomic E-state index is 13.1. The van der Waals surface area contributed by atoms with Crippen molar-refractivity contribution in [2.24, 2.45) is 0 Å². The molecule has 2 fully saturated rings. The van der Waals surface area contributed by atoms with Gasteiger partial charge in [-0.1, -0.05) is 36.8 Å². The van der Waals surface area contributed by atoms with E-state index in [1.54, 1.807) is 6.07 Å². The second kappa shape index (κ2) is 9.57. The number of nitrogens with zero attached hydrogens (tertiary/aromatic N) is 4. The Labute approximate surface area is 190 Å². The number of amides is 1. The van der Waals surface area contributed by atoms with E-state index < -0.39 is 0 Å². The van der Waals surface area contributed by atoms with Crippen LogP contribution >= 0.6 is 0 Å². The van der Waals surface area contributed by atoms with Gasteiger partial charge in [0.05, 0.1) is 12.2 Å². The summed E-state index contributed by atoms with van der Waals surface area (Å²) in [5.74, 6) is 1.85. The Bertz CT molecular complexity index is 1000. The third-order valence-electron chi connectivity index (χ3n) is 7.48. The van der Waals surface area contributed by atoms with Gasteiger partial charge in [0.1, 0.15) is 5.82 Å². The molecule has 1 aromatic heterocycles. The van der Waals surface area contributed by atoms with Gasteiger partial charge in [-0.15, -0.1) is 0 Å². The minimum atomic E-state index is 0.0828. The van der Waals surface area contributed by atoms with Crippen LogP contribution in [0.1, 0.15) is 67.4 Å². The summed E-state index contributed by atoms with van der Waals surface area (Å²) < 4.78 is 1.86. The average molecular weight is 435 g/mol. The Morgan fingerprint density at radius 1 is 0.938 bits per heavy atom. The third kappa shape index (κ3) is 4.65. The van der Waals surface area contributed by atoms with Crippen molar-refractivity contribution in [2.45, 2.75) is 63.3 Å². The molecule has 0 spiro atoms. The monoisotopic (exact) mass is 434 g/mol. The Morgan fingerprint density at radius 3 is 2.69 bits per heavy atom. The lowest BCUT2D eigenvalue weighted by Gasteiger charge is -2.33. The van der Waals surface area contributed by atoms with E-state index >= 15 is 0 Å². The number of hydrogen-bond acceptors (Lipinski definition) is 4. The molecule has 3 aliphatic heterocycles. The fourth-order valence-electron chi connectivity index (χ4n) is 5.65. The predicted molar refractivity (Wildman–Crippen MR) is 125 cm³/mol. The Morgan fingerprint density at radius 2 is 1.81 bits per heavy atom. The zero-order valence-electron chi connectivity index (χ0n) is 18.9. The van der Waals surface area contributed by atoms with Gasteiger partial charge in [0.25, 0.3) is 5.56 Å². The van der Waals surface area contributed by atoms with Crippen molar-refractivity contribution in [3.8, 4) is 0 Å². The van der Waals surface area contributed by atoms with Gasteiger partial charge in [-0.05, 0) is 50.1 Å². The molecule has 0 N–H and O–H groups in total. The van der Waals surface area contributed by atoms with Crippen LogP contribution in [0, 0.1) is 0 Å². The molecule has 5 rings (SSSR count). The topological polar surface area (TPSA) is 58.4 Å². The van der Waals surface area contributed by atoms with Crippen LogP contribution in [-0.2, 0) is 17.8 Å². The molecule has 32 heavy (non-hydrogen) atoms. The molecule has 1 amide bonds. The Balaban J connectivity index is 1.22. The van der Waals surface area contributed by atoms with E-state index in [2.05, 4.69) is 35.2 Å². The van der Waals surface area contributed by atoms with Gasteiger partial charge in [-0.3, -0.25) is 19.1 Å². The molecule has 0 radical (unpaired) electrons. The minimum absolute atomic E-state index is 0.0828. The first kappa shape index (κ1) is 21.4. The number of rotatable bonds is 4. The molecule has 0 bridgehead atoms. The largest absolute Gasteiger partial charge is 0.341 e. The lowest BCUT2D eigenvalue weighted by atomic mass is 9.94. The number of likely N-dealkylation sites (tertiary alicyclic amines) is 2. The average Bonchev–Trinajstić information content (AvgIpc) is 3.15. The summed E-state index contributed by atoms with van der Waals surface area (Å²) in [6, 6.07) is 12.4. The molecule has 2 atom stereocenters. The molecule has 6 heteroatoms. The molecule has 0 saturated carbocycles. The zero-order valence-corrected chi connectivity index (χ0v) is 18.9. The van der Waals surface area contributed by atoms with Crippen LogP contribution in [0.15, 0.2) is 41.2 Å². The standard InChI is InChI=1S/C26H34N4O2/c31-25-16-23(27-24-11-5-2-6-14-30(24)25)22-10-7-13-29(18-22)26(32)19-28-15-12-21(17-28)20-8-3-1-4-9-20/h1,3-4,8-9,16,21-22H,2,5-7,10-15,17-19H2/t21-,22-/m0/s1. The van der Waals surface area contributed by atoms with Crippen molar-refractivity contribution >= 4 is 5.91 Å². The van der Waals surface area contributed by atoms with Crippen molar-refractivity contribution in [3.05, 3.63) is 63.8 Å². The minimum Gasteiger partial charge on any atom is -0.341 e. The van der Waals surface area contributed by atoms with Crippen LogP contribution in [0.25, 0.3) is 0 Å². The Hall–Kier alpha value is -2.47. The van der Waals surface area contributed by atoms with Crippen LogP contribution in [0.2, 0.25) is 0 Å². The van der Waals surface area contributed by atoms with Crippen molar-refractivity contribution in [2.75, 3.05) is 32.7 Å². The fourth-order valence-corrected chi connectivity index (χ4v) is 5.65. The van der Waals surface area contributed by atoms with E-state index in [0.717, 1.165) is 82.6 Å². The molecule has 170 valence electrons. The van der Waals surface area contributed by atoms with E-state index in [4.69, 9.17) is 4.98 Å². The smallest absolute Gasteiger partial charge is 0.253 e. The number of fused-ring (bicyclic) bond motifs is 1. The fraction of sp³-hybridized carbons (Fsp3) is 0.577. The van der Waals surface area contributed by atoms with Gasteiger partial charge >= 0.3 is 0 Å². The van der Waals surface area contributed by atoms with E-state index in [0.29, 0.717) is 19.0 Å². The van der Waals surface area contributed by atoms with Crippen molar-refractivity contribution in [1.82, 2.24) is 19.4 Å². The van der Waals surface area contributed by atoms with Gasteiger partial charge in [-0.25, -0.2) is 4.98 Å². The molecular weight excluding hydrogens is 400 g/mol. The molecule has 4 heterocycles. The molecular formula is C26H34N4O2. The van der Waals surface area contributed by atoms with E-state index in [9.17, 15) is 9.59 Å². The molecule has 0 unspecified atom stereocenters. The number of benzene rings is 1. The summed E-state index contributed by atoms with van der Waals surface area (Å²) in [5, 5.41) is 0. The molecule has 1 aromatic carbocycles. The van der Waals surface area contributed by atoms with Crippen LogP contribution in [0.3, 0.4) is 0 Å². The summed E-state index contributed by atoms with van der Waals surface area (Å²) >= 11 is 0. The number of carbonyl (C=O) groups excluding carboxylic acids is 1. The second-order valence-electron chi connectivity index (χ2n) is 9.71. The first-order valence-electron chi connectivity index (χ1n) is 12.3. The Kier molecular flexibility index (Phi) is 6.39. The van der Waals surface area contributed by atoms with E-state index in [-0.39, 0.29) is 17.4 Å². The van der Waals surface area contributed by atoms with E-state index in [1.807, 2.05) is 9.47 Å². The van der Waals surface area contributed by atoms with Crippen LogP contribution in [-0.4, -0.2) is 58.0 Å². The van der Waals surface area contributed by atoms with Crippen LogP contribution in [0.4, 0.5) is 0 Å². The molecule has 2 saturated heterocycles. The highest BCUT2D eigenvalue weighted by molar-refractivity contribution is 5.78. The van der Waals surface area contributed by atoms with Crippen molar-refractivity contribution in [1.29, 1.82) is 0 Å². The number of carbonyl (C=O) groups is 1. The third-order valence-corrected chi connectivity index (χ3v) is 7.48. The van der Waals surface area contributed by atoms with Crippen LogP contribution in [0.5, 0.6) is 0 Å². The number of hydrogen-bond donors (Lipinski definition) is 0. The molecule has 0 aliphatic carbocycles. The lowest BCUT2D eigenvalue weighted by molar-refractivity contribution is -0.133. The van der Waals surface area contributed by atoms with Crippen molar-refractivity contribution < 1.29 is 4.79 Å². The predicted octanol–water partition coefficient (Wildman–Crippen LogP) is 3.17. The highest BCUT2D eigenvalue weighted by Gasteiger charge is 2.30. The van der Waals surface area contributed by atoms with Gasteiger partial charge < -0.3 is 4.90 Å². The first-order chi connectivity index (χ1) is 15.7. The first-order valence-corrected chi connectivity index (χ1v) is 12.3. The van der Waals surface area contributed by atoms with E-state index in [1.165, 1.54) is 5.56 Å². The second-order valence-corrected chi connectivity index (χ2v) is 9.71. The molecule has 6 nitrogen and oxygen atoms in total. The van der Waals surface area contributed by atoms with Crippen LogP contribution < -0.4 is 5.56 Å². The summed E-state index contributed by atoms with van der Waals surface area (Å²) in [4.78, 5) is 35.1. The lowest BCUT2D eigenvalue weighted by Crippen LogP contribution is -2.44. The molecule has 3 aliphatic rings. The zero-order chi connectivity index (χ0) is 21.9. The van der Waals surface area contributed by atoms with Gasteiger partial charge in [0.2, 0.25) is 5.91 Å². The summed E-state index contributed by atoms with van der Waals surface area (Å²) in [5.41, 5.74) is 2.35. The summed E-state index contributed by atoms with van der Waals surface area (Å²) in [7, 11) is 0. The quantitative estimate of drug-likeness (QED) is 0.742. The van der Waals surface area contributed by atoms with Gasteiger partial charge in [-0.2, -0.15) is 0 Å². The summed E-state index contributed by atoms with van der Waals surface area (Å²) in [6.07, 6.45) is 7.29. The number of aryl methyl sites for hydroxylation is 1. The highest BCUT2D eigenvalue weighted by atomic mass is 16.2.